The largest absolute Gasteiger partial charge is 0.338 e. The van der Waals surface area contributed by atoms with E-state index in [9.17, 15) is 4.79 Å². The summed E-state index contributed by atoms with van der Waals surface area (Å²) in [6, 6.07) is 5.11. The topological polar surface area (TPSA) is 32.3 Å². The van der Waals surface area contributed by atoms with Crippen LogP contribution in [-0.2, 0) is 0 Å². The molecular weight excluding hydrogens is 331 g/mol. The molecule has 116 valence electrons. The number of piperidine rings is 1. The third-order valence-corrected chi connectivity index (χ3v) is 5.30. The van der Waals surface area contributed by atoms with E-state index in [1.165, 1.54) is 0 Å². The van der Waals surface area contributed by atoms with E-state index in [-0.39, 0.29) is 18.3 Å². The summed E-state index contributed by atoms with van der Waals surface area (Å²) in [5.41, 5.74) is 0.960. The van der Waals surface area contributed by atoms with Gasteiger partial charge in [0.05, 0.1) is 10.0 Å². The first-order valence-corrected chi connectivity index (χ1v) is 7.80. The Morgan fingerprint density at radius 1 is 1.14 bits per heavy atom. The summed E-state index contributed by atoms with van der Waals surface area (Å²) in [5.74, 6) is 0.0685. The molecule has 0 aliphatic carbocycles. The fourth-order valence-corrected chi connectivity index (χ4v) is 3.58. The number of likely N-dealkylation sites (tertiary alicyclic amines) is 1. The van der Waals surface area contributed by atoms with Gasteiger partial charge in [-0.3, -0.25) is 4.79 Å². The standard InChI is InChI=1S/C15H18Cl2N2O.ClH/c16-12-2-1-11(9-13(12)17)14(20)19-8-5-15(10-19)3-6-18-7-4-15;/h1-2,9,18H,3-8,10H2;1H. The lowest BCUT2D eigenvalue weighted by Crippen LogP contribution is -2.39. The van der Waals surface area contributed by atoms with Crippen LogP contribution in [0.25, 0.3) is 0 Å². The second-order valence-corrected chi connectivity index (χ2v) is 6.67. The van der Waals surface area contributed by atoms with Crippen LogP contribution in [0.2, 0.25) is 10.0 Å². The molecule has 1 spiro atoms. The summed E-state index contributed by atoms with van der Waals surface area (Å²) in [6.45, 7) is 3.84. The zero-order valence-electron chi connectivity index (χ0n) is 11.7. The third-order valence-electron chi connectivity index (χ3n) is 4.56. The van der Waals surface area contributed by atoms with Crippen molar-refractivity contribution in [1.82, 2.24) is 10.2 Å². The number of hydrogen-bond donors (Lipinski definition) is 1. The Hall–Kier alpha value is -0.480. The average molecular weight is 350 g/mol. The number of hydrogen-bond acceptors (Lipinski definition) is 2. The van der Waals surface area contributed by atoms with Crippen molar-refractivity contribution < 1.29 is 4.79 Å². The molecule has 1 aromatic rings. The minimum atomic E-state index is 0. The molecule has 2 aliphatic rings. The molecule has 2 aliphatic heterocycles. The van der Waals surface area contributed by atoms with Crippen LogP contribution in [0, 0.1) is 5.41 Å². The molecule has 2 fully saturated rings. The Labute approximate surface area is 141 Å². The van der Waals surface area contributed by atoms with E-state index in [2.05, 4.69) is 5.32 Å². The Kier molecular flexibility index (Phi) is 5.42. The van der Waals surface area contributed by atoms with Crippen molar-refractivity contribution in [2.45, 2.75) is 19.3 Å². The normalized spacial score (nSPS) is 20.4. The first kappa shape index (κ1) is 16.9. The van der Waals surface area contributed by atoms with E-state index in [1.807, 2.05) is 4.90 Å². The second kappa shape index (κ2) is 6.74. The molecule has 0 radical (unpaired) electrons. The van der Waals surface area contributed by atoms with Gasteiger partial charge in [0.25, 0.3) is 5.91 Å². The number of amides is 1. The van der Waals surface area contributed by atoms with E-state index in [4.69, 9.17) is 23.2 Å². The highest BCUT2D eigenvalue weighted by atomic mass is 35.5. The minimum Gasteiger partial charge on any atom is -0.338 e. The molecule has 0 saturated carbocycles. The highest BCUT2D eigenvalue weighted by Gasteiger charge is 2.40. The third kappa shape index (κ3) is 3.48. The van der Waals surface area contributed by atoms with Crippen LogP contribution < -0.4 is 5.32 Å². The van der Waals surface area contributed by atoms with Crippen molar-refractivity contribution in [3.05, 3.63) is 33.8 Å². The molecule has 6 heteroatoms. The van der Waals surface area contributed by atoms with Crippen LogP contribution in [0.3, 0.4) is 0 Å². The number of rotatable bonds is 1. The fourth-order valence-electron chi connectivity index (χ4n) is 3.29. The van der Waals surface area contributed by atoms with Gasteiger partial charge >= 0.3 is 0 Å². The summed E-state index contributed by atoms with van der Waals surface area (Å²) in [4.78, 5) is 14.5. The summed E-state index contributed by atoms with van der Waals surface area (Å²) >= 11 is 11.9. The lowest BCUT2D eigenvalue weighted by Gasteiger charge is -2.33. The molecule has 0 unspecified atom stereocenters. The molecule has 3 nitrogen and oxygen atoms in total. The van der Waals surface area contributed by atoms with Crippen molar-refractivity contribution >= 4 is 41.5 Å². The smallest absolute Gasteiger partial charge is 0.253 e. The number of carbonyl (C=O) groups is 1. The van der Waals surface area contributed by atoms with Crippen LogP contribution >= 0.6 is 35.6 Å². The van der Waals surface area contributed by atoms with E-state index in [1.54, 1.807) is 18.2 Å². The lowest BCUT2D eigenvalue weighted by atomic mass is 9.78. The van der Waals surface area contributed by atoms with E-state index in [0.717, 1.165) is 45.4 Å². The van der Waals surface area contributed by atoms with Crippen molar-refractivity contribution in [2.24, 2.45) is 5.41 Å². The molecule has 3 rings (SSSR count). The molecule has 0 aromatic heterocycles. The second-order valence-electron chi connectivity index (χ2n) is 5.86. The van der Waals surface area contributed by atoms with Gasteiger partial charge in [-0.1, -0.05) is 23.2 Å². The molecule has 0 atom stereocenters. The van der Waals surface area contributed by atoms with Crippen LogP contribution in [0.5, 0.6) is 0 Å². The van der Waals surface area contributed by atoms with Gasteiger partial charge in [0.1, 0.15) is 0 Å². The number of carbonyl (C=O) groups excluding carboxylic acids is 1. The number of nitrogens with one attached hydrogen (secondary N) is 1. The molecule has 0 bridgehead atoms. The number of halogens is 3. The average Bonchev–Trinajstić information content (AvgIpc) is 2.85. The van der Waals surface area contributed by atoms with Crippen molar-refractivity contribution in [3.8, 4) is 0 Å². The molecule has 1 N–H and O–H groups in total. The van der Waals surface area contributed by atoms with Crippen LogP contribution in [-0.4, -0.2) is 37.0 Å². The maximum Gasteiger partial charge on any atom is 0.253 e. The Bertz CT molecular complexity index is 530. The van der Waals surface area contributed by atoms with Gasteiger partial charge in [-0.2, -0.15) is 0 Å². The van der Waals surface area contributed by atoms with E-state index < -0.39 is 0 Å². The molecule has 2 saturated heterocycles. The lowest BCUT2D eigenvalue weighted by molar-refractivity contribution is 0.0762. The molecule has 2 heterocycles. The first-order valence-electron chi connectivity index (χ1n) is 7.05. The zero-order valence-corrected chi connectivity index (χ0v) is 14.0. The van der Waals surface area contributed by atoms with Crippen LogP contribution in [0.1, 0.15) is 29.6 Å². The molecular formula is C15H19Cl3N2O. The van der Waals surface area contributed by atoms with Crippen molar-refractivity contribution in [3.63, 3.8) is 0 Å². The molecule has 1 amide bonds. The van der Waals surface area contributed by atoms with E-state index >= 15 is 0 Å². The monoisotopic (exact) mass is 348 g/mol. The minimum absolute atomic E-state index is 0. The first-order chi connectivity index (χ1) is 9.60. The highest BCUT2D eigenvalue weighted by molar-refractivity contribution is 6.42. The van der Waals surface area contributed by atoms with Crippen LogP contribution in [0.15, 0.2) is 18.2 Å². The van der Waals surface area contributed by atoms with Gasteiger partial charge in [-0.15, -0.1) is 12.4 Å². The zero-order chi connectivity index (χ0) is 14.2. The summed E-state index contributed by atoms with van der Waals surface area (Å²) in [6.07, 6.45) is 3.44. The maximum atomic E-state index is 12.5. The van der Waals surface area contributed by atoms with E-state index in [0.29, 0.717) is 21.0 Å². The van der Waals surface area contributed by atoms with Gasteiger partial charge in [0, 0.05) is 18.7 Å². The summed E-state index contributed by atoms with van der Waals surface area (Å²) in [5, 5.41) is 4.31. The van der Waals surface area contributed by atoms with Gasteiger partial charge in [-0.05, 0) is 56.0 Å². The maximum absolute atomic E-state index is 12.5. The van der Waals surface area contributed by atoms with Gasteiger partial charge in [-0.25, -0.2) is 0 Å². The van der Waals surface area contributed by atoms with Crippen LogP contribution in [0.4, 0.5) is 0 Å². The van der Waals surface area contributed by atoms with Gasteiger partial charge < -0.3 is 10.2 Å². The van der Waals surface area contributed by atoms with Gasteiger partial charge in [0.2, 0.25) is 0 Å². The van der Waals surface area contributed by atoms with Gasteiger partial charge in [0.15, 0.2) is 0 Å². The summed E-state index contributed by atoms with van der Waals surface area (Å²) < 4.78 is 0. The predicted molar refractivity (Wildman–Crippen MR) is 88.8 cm³/mol. The highest BCUT2D eigenvalue weighted by Crippen LogP contribution is 2.39. The summed E-state index contributed by atoms with van der Waals surface area (Å²) in [7, 11) is 0. The Morgan fingerprint density at radius 3 is 2.52 bits per heavy atom. The SMILES string of the molecule is Cl.O=C(c1ccc(Cl)c(Cl)c1)N1CCC2(CCNCC2)C1. The van der Waals surface area contributed by atoms with Crippen molar-refractivity contribution in [1.29, 1.82) is 0 Å². The molecule has 21 heavy (non-hydrogen) atoms. The van der Waals surface area contributed by atoms with Crippen molar-refractivity contribution in [2.75, 3.05) is 26.2 Å². The number of nitrogens with zero attached hydrogens (tertiary/aromatic N) is 1. The quantitative estimate of drug-likeness (QED) is 0.839. The fraction of sp³-hybridized carbons (Fsp3) is 0.533. The number of benzene rings is 1. The Balaban J connectivity index is 0.00000161. The Morgan fingerprint density at radius 2 is 1.86 bits per heavy atom. The predicted octanol–water partition coefficient (Wildman–Crippen LogP) is 3.63. The molecule has 1 aromatic carbocycles.